The lowest BCUT2D eigenvalue weighted by Gasteiger charge is -2.31. The number of piperidine rings is 2. The molecule has 3 heterocycles. The number of nitrogens with zero attached hydrogens (tertiary/aromatic N) is 1. The minimum atomic E-state index is -0.924. The number of benzene rings is 1. The van der Waals surface area contributed by atoms with Gasteiger partial charge in [0.25, 0.3) is 11.8 Å². The van der Waals surface area contributed by atoms with Crippen LogP contribution in [0.15, 0.2) is 18.2 Å². The Morgan fingerprint density at radius 2 is 1.69 bits per heavy atom. The summed E-state index contributed by atoms with van der Waals surface area (Å²) in [7, 11) is 0. The Hall–Kier alpha value is -2.58. The Bertz CT molecular complexity index is 898. The monoisotopic (exact) mass is 396 g/mol. The molecule has 0 aromatic heterocycles. The van der Waals surface area contributed by atoms with Crippen LogP contribution in [0, 0.1) is 11.8 Å². The highest BCUT2D eigenvalue weighted by Gasteiger charge is 2.44. The molecule has 3 atom stereocenters. The van der Waals surface area contributed by atoms with E-state index in [1.807, 2.05) is 6.07 Å². The second-order valence-electron chi connectivity index (χ2n) is 8.49. The van der Waals surface area contributed by atoms with E-state index in [1.165, 1.54) is 12.8 Å². The first-order valence-corrected chi connectivity index (χ1v) is 10.3. The van der Waals surface area contributed by atoms with Crippen LogP contribution in [-0.4, -0.2) is 53.7 Å². The standard InChI is InChI=1S/C21H24N4O4/c26-17-6-5-16(19(27)24-17)25-20(28)14-4-1-11(7-15(14)21(25)29)8-23-18-12-2-3-13(18)10-22-9-12/h1,4,7,12-13,16,18,22-23H,2-3,5-6,8-10H2,(H,24,26,27). The highest BCUT2D eigenvalue weighted by atomic mass is 16.2. The molecule has 3 aliphatic heterocycles. The van der Waals surface area contributed by atoms with Crippen LogP contribution in [0.3, 0.4) is 0 Å². The second kappa shape index (κ2) is 7.03. The summed E-state index contributed by atoms with van der Waals surface area (Å²) < 4.78 is 0. The largest absolute Gasteiger partial charge is 0.316 e. The first-order valence-electron chi connectivity index (χ1n) is 10.3. The van der Waals surface area contributed by atoms with E-state index in [-0.39, 0.29) is 18.7 Å². The molecule has 8 heteroatoms. The Kier molecular flexibility index (Phi) is 4.48. The lowest BCUT2D eigenvalue weighted by atomic mass is 9.93. The Labute approximate surface area is 168 Å². The van der Waals surface area contributed by atoms with Gasteiger partial charge in [-0.05, 0) is 61.9 Å². The van der Waals surface area contributed by atoms with E-state index >= 15 is 0 Å². The maximum atomic E-state index is 12.9. The molecule has 4 aliphatic rings. The molecule has 1 saturated carbocycles. The maximum Gasteiger partial charge on any atom is 0.262 e. The van der Waals surface area contributed by atoms with Crippen LogP contribution < -0.4 is 16.0 Å². The van der Waals surface area contributed by atoms with E-state index in [1.54, 1.807) is 12.1 Å². The third-order valence-corrected chi connectivity index (χ3v) is 6.78. The molecular weight excluding hydrogens is 372 g/mol. The summed E-state index contributed by atoms with van der Waals surface area (Å²) in [5.74, 6) is -0.579. The molecule has 0 spiro atoms. The summed E-state index contributed by atoms with van der Waals surface area (Å²) in [4.78, 5) is 50.2. The summed E-state index contributed by atoms with van der Waals surface area (Å²) in [6.07, 6.45) is 2.78. The zero-order valence-corrected chi connectivity index (χ0v) is 16.1. The minimum Gasteiger partial charge on any atom is -0.316 e. The minimum absolute atomic E-state index is 0.123. The number of amides is 4. The second-order valence-corrected chi connectivity index (χ2v) is 8.49. The molecule has 3 N–H and O–H groups in total. The fourth-order valence-corrected chi connectivity index (χ4v) is 5.28. The summed E-state index contributed by atoms with van der Waals surface area (Å²) in [6.45, 7) is 2.74. The highest BCUT2D eigenvalue weighted by molar-refractivity contribution is 6.23. The van der Waals surface area contributed by atoms with E-state index in [0.29, 0.717) is 35.5 Å². The van der Waals surface area contributed by atoms with E-state index < -0.39 is 23.8 Å². The van der Waals surface area contributed by atoms with Gasteiger partial charge in [-0.1, -0.05) is 6.07 Å². The summed E-state index contributed by atoms with van der Waals surface area (Å²) in [5, 5.41) is 9.35. The van der Waals surface area contributed by atoms with Gasteiger partial charge >= 0.3 is 0 Å². The van der Waals surface area contributed by atoms with Gasteiger partial charge in [-0.3, -0.25) is 29.4 Å². The van der Waals surface area contributed by atoms with Crippen molar-refractivity contribution in [2.24, 2.45) is 11.8 Å². The van der Waals surface area contributed by atoms with Gasteiger partial charge < -0.3 is 10.6 Å². The van der Waals surface area contributed by atoms with Crippen LogP contribution in [0.25, 0.3) is 0 Å². The highest BCUT2D eigenvalue weighted by Crippen LogP contribution is 2.34. The van der Waals surface area contributed by atoms with Crippen LogP contribution in [-0.2, 0) is 16.1 Å². The lowest BCUT2D eigenvalue weighted by Crippen LogP contribution is -2.54. The molecule has 8 nitrogen and oxygen atoms in total. The number of carbonyl (C=O) groups excluding carboxylic acids is 4. The average molecular weight is 396 g/mol. The number of imide groups is 2. The van der Waals surface area contributed by atoms with Crippen molar-refractivity contribution in [3.63, 3.8) is 0 Å². The van der Waals surface area contributed by atoms with Gasteiger partial charge in [-0.2, -0.15) is 0 Å². The molecule has 5 rings (SSSR count). The third kappa shape index (κ3) is 3.07. The first kappa shape index (κ1) is 18.4. The van der Waals surface area contributed by atoms with Crippen LogP contribution >= 0.6 is 0 Å². The smallest absolute Gasteiger partial charge is 0.262 e. The van der Waals surface area contributed by atoms with Gasteiger partial charge in [0, 0.05) is 19.0 Å². The van der Waals surface area contributed by atoms with Crippen molar-refractivity contribution in [2.45, 2.75) is 44.3 Å². The molecule has 29 heavy (non-hydrogen) atoms. The fraction of sp³-hybridized carbons (Fsp3) is 0.524. The predicted octanol–water partition coefficient (Wildman–Crippen LogP) is 0.175. The van der Waals surface area contributed by atoms with E-state index in [2.05, 4.69) is 16.0 Å². The molecule has 2 saturated heterocycles. The topological polar surface area (TPSA) is 108 Å². The number of rotatable bonds is 4. The van der Waals surface area contributed by atoms with Gasteiger partial charge in [0.05, 0.1) is 11.1 Å². The van der Waals surface area contributed by atoms with Gasteiger partial charge in [0.2, 0.25) is 11.8 Å². The van der Waals surface area contributed by atoms with Crippen LogP contribution in [0.5, 0.6) is 0 Å². The predicted molar refractivity (Wildman–Crippen MR) is 103 cm³/mol. The summed E-state index contributed by atoms with van der Waals surface area (Å²) in [6, 6.07) is 4.87. The number of hydrogen-bond donors (Lipinski definition) is 3. The van der Waals surface area contributed by atoms with Crippen molar-refractivity contribution in [1.82, 2.24) is 20.9 Å². The van der Waals surface area contributed by atoms with Crippen molar-refractivity contribution in [1.29, 1.82) is 0 Å². The van der Waals surface area contributed by atoms with Crippen molar-refractivity contribution in [3.05, 3.63) is 34.9 Å². The molecule has 152 valence electrons. The van der Waals surface area contributed by atoms with Crippen molar-refractivity contribution >= 4 is 23.6 Å². The van der Waals surface area contributed by atoms with Crippen LogP contribution in [0.1, 0.15) is 52.0 Å². The molecular formula is C21H24N4O4. The zero-order valence-electron chi connectivity index (χ0n) is 16.1. The number of nitrogens with one attached hydrogen (secondary N) is 3. The fourth-order valence-electron chi connectivity index (χ4n) is 5.28. The average Bonchev–Trinajstić information content (AvgIpc) is 3.07. The van der Waals surface area contributed by atoms with Crippen LogP contribution in [0.4, 0.5) is 0 Å². The Morgan fingerprint density at radius 3 is 2.41 bits per heavy atom. The van der Waals surface area contributed by atoms with Gasteiger partial charge in [-0.25, -0.2) is 0 Å². The molecule has 3 fully saturated rings. The first-order chi connectivity index (χ1) is 14.0. The number of carbonyl (C=O) groups is 4. The Morgan fingerprint density at radius 1 is 0.966 bits per heavy atom. The molecule has 0 radical (unpaired) electrons. The molecule has 1 aliphatic carbocycles. The molecule has 2 bridgehead atoms. The van der Waals surface area contributed by atoms with Gasteiger partial charge in [-0.15, -0.1) is 0 Å². The lowest BCUT2D eigenvalue weighted by molar-refractivity contribution is -0.136. The van der Waals surface area contributed by atoms with Crippen molar-refractivity contribution < 1.29 is 19.2 Å². The van der Waals surface area contributed by atoms with Crippen LogP contribution in [0.2, 0.25) is 0 Å². The van der Waals surface area contributed by atoms with Gasteiger partial charge in [0.15, 0.2) is 0 Å². The van der Waals surface area contributed by atoms with Crippen molar-refractivity contribution in [2.75, 3.05) is 13.1 Å². The molecule has 4 amide bonds. The van der Waals surface area contributed by atoms with Gasteiger partial charge in [0.1, 0.15) is 6.04 Å². The molecule has 1 aromatic rings. The van der Waals surface area contributed by atoms with E-state index in [9.17, 15) is 19.2 Å². The summed E-state index contributed by atoms with van der Waals surface area (Å²) in [5.41, 5.74) is 1.62. The Balaban J connectivity index is 1.32. The SMILES string of the molecule is O=C1CCC(N2C(=O)c3ccc(CNC4C5CCC4CNC5)cc3C2=O)C(=O)N1. The van der Waals surface area contributed by atoms with Crippen molar-refractivity contribution in [3.8, 4) is 0 Å². The molecule has 3 unspecified atom stereocenters. The normalized spacial score (nSPS) is 31.2. The maximum absolute atomic E-state index is 12.9. The van der Waals surface area contributed by atoms with E-state index in [4.69, 9.17) is 0 Å². The third-order valence-electron chi connectivity index (χ3n) is 6.78. The number of fused-ring (bicyclic) bond motifs is 3. The quantitative estimate of drug-likeness (QED) is 0.627. The molecule has 1 aromatic carbocycles. The van der Waals surface area contributed by atoms with E-state index in [0.717, 1.165) is 23.6 Å². The number of hydrogen-bond acceptors (Lipinski definition) is 6. The zero-order chi connectivity index (χ0) is 20.1. The summed E-state index contributed by atoms with van der Waals surface area (Å²) >= 11 is 0.